The average Bonchev–Trinajstić information content (AvgIpc) is 2.95. The van der Waals surface area contributed by atoms with Crippen LogP contribution in [0, 0.1) is 6.92 Å². The molecule has 38 heavy (non-hydrogen) atoms. The van der Waals surface area contributed by atoms with Gasteiger partial charge in [-0.05, 0) is 98.2 Å². The first-order valence-corrected chi connectivity index (χ1v) is 13.9. The zero-order chi connectivity index (χ0) is 26.5. The molecule has 0 spiro atoms. The van der Waals surface area contributed by atoms with E-state index in [4.69, 9.17) is 4.74 Å². The Morgan fingerprint density at radius 2 is 1.55 bits per heavy atom. The number of carboxylic acids is 1. The van der Waals surface area contributed by atoms with Crippen molar-refractivity contribution in [1.29, 1.82) is 0 Å². The number of hydrogen-bond acceptors (Lipinski definition) is 5. The predicted octanol–water partition coefficient (Wildman–Crippen LogP) is 7.84. The predicted molar refractivity (Wildman–Crippen MR) is 156 cm³/mol. The average molecular weight is 514 g/mol. The third-order valence-corrected chi connectivity index (χ3v) is 8.07. The van der Waals surface area contributed by atoms with Gasteiger partial charge < -0.3 is 25.4 Å². The van der Waals surface area contributed by atoms with Gasteiger partial charge in [-0.15, -0.1) is 0 Å². The van der Waals surface area contributed by atoms with E-state index >= 15 is 0 Å². The van der Waals surface area contributed by atoms with Crippen LogP contribution in [-0.2, 0) is 4.74 Å². The number of nitrogens with one attached hydrogen (secondary N) is 2. The summed E-state index contributed by atoms with van der Waals surface area (Å²) in [6, 6.07) is 21.1. The van der Waals surface area contributed by atoms with E-state index in [-0.39, 0.29) is 5.56 Å². The number of carbonyl (C=O) groups is 1. The second-order valence-electron chi connectivity index (χ2n) is 10.7. The van der Waals surface area contributed by atoms with Gasteiger partial charge >= 0.3 is 5.97 Å². The van der Waals surface area contributed by atoms with E-state index in [0.717, 1.165) is 54.4 Å². The zero-order valence-corrected chi connectivity index (χ0v) is 22.5. The van der Waals surface area contributed by atoms with Crippen LogP contribution >= 0.6 is 0 Å². The molecule has 2 fully saturated rings. The van der Waals surface area contributed by atoms with Crippen LogP contribution in [0.2, 0.25) is 0 Å². The van der Waals surface area contributed by atoms with Crippen LogP contribution in [0.4, 0.5) is 28.4 Å². The Morgan fingerprint density at radius 1 is 0.868 bits per heavy atom. The van der Waals surface area contributed by atoms with Crippen LogP contribution in [0.3, 0.4) is 0 Å². The third kappa shape index (κ3) is 6.13. The molecule has 200 valence electrons. The van der Waals surface area contributed by atoms with Crippen molar-refractivity contribution in [2.24, 2.45) is 0 Å². The van der Waals surface area contributed by atoms with Gasteiger partial charge in [0.25, 0.3) is 0 Å². The van der Waals surface area contributed by atoms with E-state index < -0.39 is 5.97 Å². The highest BCUT2D eigenvalue weighted by atomic mass is 16.5. The maximum absolute atomic E-state index is 12.1. The summed E-state index contributed by atoms with van der Waals surface area (Å²) in [5.41, 5.74) is 7.30. The highest BCUT2D eigenvalue weighted by Crippen LogP contribution is 2.35. The van der Waals surface area contributed by atoms with Crippen molar-refractivity contribution in [2.45, 2.75) is 63.8 Å². The Balaban J connectivity index is 1.28. The SMILES string of the molecule is Cc1cc(N(C)c2ccc(C3CCCCC3)cc2)ccc1Nc1ccc(NC2CCOCC2)cc1C(=O)O. The molecule has 3 N–H and O–H groups in total. The summed E-state index contributed by atoms with van der Waals surface area (Å²) in [6.45, 7) is 3.52. The Hall–Kier alpha value is -3.51. The molecule has 1 aliphatic carbocycles. The molecule has 1 saturated carbocycles. The highest BCUT2D eigenvalue weighted by Gasteiger charge is 2.18. The maximum atomic E-state index is 12.1. The normalized spacial score (nSPS) is 16.7. The Morgan fingerprint density at radius 3 is 2.24 bits per heavy atom. The van der Waals surface area contributed by atoms with Crippen molar-refractivity contribution in [1.82, 2.24) is 0 Å². The standard InChI is InChI=1S/C32H39N3O3/c1-22-20-28(35(2)27-11-8-24(9-12-27)23-6-4-3-5-7-23)13-15-30(22)34-31-14-10-26(21-29(31)32(36)37)33-25-16-18-38-19-17-25/h8-15,20-21,23,25,33-34H,3-7,16-19H2,1-2H3,(H,36,37). The fourth-order valence-electron chi connectivity index (χ4n) is 5.69. The van der Waals surface area contributed by atoms with Gasteiger partial charge in [-0.3, -0.25) is 0 Å². The van der Waals surface area contributed by atoms with Crippen molar-refractivity contribution in [3.63, 3.8) is 0 Å². The smallest absolute Gasteiger partial charge is 0.337 e. The molecule has 1 aliphatic heterocycles. The number of anilines is 5. The second kappa shape index (κ2) is 11.9. The van der Waals surface area contributed by atoms with Gasteiger partial charge in [-0.25, -0.2) is 4.79 Å². The minimum Gasteiger partial charge on any atom is -0.478 e. The molecule has 0 unspecified atom stereocenters. The fraction of sp³-hybridized carbons (Fsp3) is 0.406. The molecule has 6 nitrogen and oxygen atoms in total. The summed E-state index contributed by atoms with van der Waals surface area (Å²) < 4.78 is 5.42. The van der Waals surface area contributed by atoms with Crippen molar-refractivity contribution in [3.8, 4) is 0 Å². The van der Waals surface area contributed by atoms with Gasteiger partial charge in [-0.2, -0.15) is 0 Å². The number of benzene rings is 3. The molecule has 1 saturated heterocycles. The molecule has 1 heterocycles. The lowest BCUT2D eigenvalue weighted by atomic mass is 9.84. The molecule has 6 heteroatoms. The van der Waals surface area contributed by atoms with Crippen molar-refractivity contribution < 1.29 is 14.6 Å². The van der Waals surface area contributed by atoms with Gasteiger partial charge in [-0.1, -0.05) is 31.4 Å². The van der Waals surface area contributed by atoms with Gasteiger partial charge in [0.1, 0.15) is 0 Å². The second-order valence-corrected chi connectivity index (χ2v) is 10.7. The zero-order valence-electron chi connectivity index (χ0n) is 22.5. The first-order chi connectivity index (χ1) is 18.5. The quantitative estimate of drug-likeness (QED) is 0.285. The Bertz CT molecular complexity index is 1250. The topological polar surface area (TPSA) is 73.8 Å². The lowest BCUT2D eigenvalue weighted by Crippen LogP contribution is -2.27. The van der Waals surface area contributed by atoms with E-state index in [1.165, 1.54) is 37.7 Å². The van der Waals surface area contributed by atoms with Crippen molar-refractivity contribution >= 4 is 34.4 Å². The van der Waals surface area contributed by atoms with E-state index in [0.29, 0.717) is 17.6 Å². The van der Waals surface area contributed by atoms with E-state index in [1.807, 2.05) is 25.1 Å². The van der Waals surface area contributed by atoms with Crippen molar-refractivity contribution in [3.05, 3.63) is 77.4 Å². The lowest BCUT2D eigenvalue weighted by Gasteiger charge is -2.25. The molecular formula is C32H39N3O3. The largest absolute Gasteiger partial charge is 0.478 e. The number of hydrogen-bond donors (Lipinski definition) is 3. The van der Waals surface area contributed by atoms with Gasteiger partial charge in [0.15, 0.2) is 0 Å². The molecule has 0 aromatic heterocycles. The molecule has 2 aliphatic rings. The van der Waals surface area contributed by atoms with Gasteiger partial charge in [0, 0.05) is 49.1 Å². The van der Waals surface area contributed by atoms with Crippen molar-refractivity contribution in [2.75, 3.05) is 35.8 Å². The van der Waals surface area contributed by atoms with Crippen LogP contribution in [0.25, 0.3) is 0 Å². The highest BCUT2D eigenvalue weighted by molar-refractivity contribution is 5.96. The Labute approximate surface area is 226 Å². The van der Waals surface area contributed by atoms with Crippen LogP contribution in [0.1, 0.15) is 72.3 Å². The summed E-state index contributed by atoms with van der Waals surface area (Å²) in [5.74, 6) is -0.244. The molecule has 3 aromatic rings. The summed E-state index contributed by atoms with van der Waals surface area (Å²) >= 11 is 0. The minimum absolute atomic E-state index is 0.251. The molecule has 3 aromatic carbocycles. The van der Waals surface area contributed by atoms with Crippen LogP contribution < -0.4 is 15.5 Å². The minimum atomic E-state index is -0.950. The molecular weight excluding hydrogens is 474 g/mol. The Kier molecular flexibility index (Phi) is 8.18. The first kappa shape index (κ1) is 26.1. The summed E-state index contributed by atoms with van der Waals surface area (Å²) in [4.78, 5) is 14.3. The van der Waals surface area contributed by atoms with E-state index in [9.17, 15) is 9.90 Å². The summed E-state index contributed by atoms with van der Waals surface area (Å²) in [6.07, 6.45) is 8.52. The van der Waals surface area contributed by atoms with Crippen LogP contribution in [-0.4, -0.2) is 37.4 Å². The van der Waals surface area contributed by atoms with Gasteiger partial charge in [0.2, 0.25) is 0 Å². The molecule has 0 amide bonds. The monoisotopic (exact) mass is 513 g/mol. The van der Waals surface area contributed by atoms with E-state index in [1.54, 1.807) is 6.07 Å². The van der Waals surface area contributed by atoms with Crippen LogP contribution in [0.15, 0.2) is 60.7 Å². The number of nitrogens with zero attached hydrogens (tertiary/aromatic N) is 1. The lowest BCUT2D eigenvalue weighted by molar-refractivity contribution is 0.0698. The summed E-state index contributed by atoms with van der Waals surface area (Å²) in [7, 11) is 2.09. The first-order valence-electron chi connectivity index (χ1n) is 13.9. The number of carboxylic acid groups (broad SMARTS) is 1. The third-order valence-electron chi connectivity index (χ3n) is 8.07. The number of aromatic carboxylic acids is 1. The van der Waals surface area contributed by atoms with Crippen LogP contribution in [0.5, 0.6) is 0 Å². The molecule has 5 rings (SSSR count). The number of aryl methyl sites for hydroxylation is 1. The summed E-state index contributed by atoms with van der Waals surface area (Å²) in [5, 5.41) is 16.7. The maximum Gasteiger partial charge on any atom is 0.337 e. The molecule has 0 bridgehead atoms. The van der Waals surface area contributed by atoms with Gasteiger partial charge in [0.05, 0.1) is 11.3 Å². The number of rotatable bonds is 8. The van der Waals surface area contributed by atoms with E-state index in [2.05, 4.69) is 59.0 Å². The molecule has 0 atom stereocenters. The fourth-order valence-corrected chi connectivity index (χ4v) is 5.69. The molecule has 0 radical (unpaired) electrons. The number of ether oxygens (including phenoxy) is 1.